The average Bonchev–Trinajstić information content (AvgIpc) is 2.31. The van der Waals surface area contributed by atoms with Gasteiger partial charge in [-0.05, 0) is 6.42 Å². The van der Waals surface area contributed by atoms with Gasteiger partial charge in [0.1, 0.15) is 0 Å². The summed E-state index contributed by atoms with van der Waals surface area (Å²) in [6.45, 7) is 2.08. The van der Waals surface area contributed by atoms with Crippen LogP contribution in [0.4, 0.5) is 4.79 Å². The molecule has 0 aromatic rings. The molecule has 0 radical (unpaired) electrons. The molecule has 10 heavy (non-hydrogen) atoms. The van der Waals surface area contributed by atoms with Crippen molar-refractivity contribution in [3.05, 3.63) is 0 Å². The van der Waals surface area contributed by atoms with Crippen LogP contribution in [0.5, 0.6) is 0 Å². The second-order valence-electron chi connectivity index (χ2n) is 2.20. The SMILES string of the molecule is CCCCC1N=NC(=O)O1. The molecular weight excluding hydrogens is 132 g/mol. The number of nitrogens with zero attached hydrogens (tertiary/aromatic N) is 2. The Morgan fingerprint density at radius 1 is 1.70 bits per heavy atom. The molecule has 0 aromatic heterocycles. The summed E-state index contributed by atoms with van der Waals surface area (Å²) in [7, 11) is 0. The summed E-state index contributed by atoms with van der Waals surface area (Å²) in [4.78, 5) is 10.3. The highest BCUT2D eigenvalue weighted by Gasteiger charge is 2.18. The highest BCUT2D eigenvalue weighted by atomic mass is 16.6. The quantitative estimate of drug-likeness (QED) is 0.605. The first-order valence-electron chi connectivity index (χ1n) is 3.44. The van der Waals surface area contributed by atoms with Crippen LogP contribution in [0, 0.1) is 0 Å². The van der Waals surface area contributed by atoms with Crippen molar-refractivity contribution < 1.29 is 9.53 Å². The van der Waals surface area contributed by atoms with Gasteiger partial charge in [-0.3, -0.25) is 0 Å². The van der Waals surface area contributed by atoms with Crippen LogP contribution in [-0.2, 0) is 4.74 Å². The molecule has 0 N–H and O–H groups in total. The molecule has 1 aliphatic heterocycles. The third-order valence-corrected chi connectivity index (χ3v) is 1.31. The molecule has 1 atom stereocenters. The van der Waals surface area contributed by atoms with Crippen molar-refractivity contribution in [1.29, 1.82) is 0 Å². The number of hydrogen-bond donors (Lipinski definition) is 0. The summed E-state index contributed by atoms with van der Waals surface area (Å²) in [5.41, 5.74) is 0. The molecule has 0 aromatic carbocycles. The fourth-order valence-electron chi connectivity index (χ4n) is 0.770. The Labute approximate surface area is 59.3 Å². The summed E-state index contributed by atoms with van der Waals surface area (Å²) in [6.07, 6.45) is 2.06. The number of carbonyl (C=O) groups excluding carboxylic acids is 1. The van der Waals surface area contributed by atoms with Gasteiger partial charge in [-0.25, -0.2) is 4.79 Å². The van der Waals surface area contributed by atoms with Gasteiger partial charge in [0, 0.05) is 6.42 Å². The van der Waals surface area contributed by atoms with Gasteiger partial charge < -0.3 is 4.74 Å². The highest BCUT2D eigenvalue weighted by Crippen LogP contribution is 2.12. The van der Waals surface area contributed by atoms with E-state index in [4.69, 9.17) is 4.74 Å². The largest absolute Gasteiger partial charge is 0.454 e. The highest BCUT2D eigenvalue weighted by molar-refractivity contribution is 5.68. The molecule has 0 saturated carbocycles. The van der Waals surface area contributed by atoms with Gasteiger partial charge in [-0.1, -0.05) is 18.5 Å². The van der Waals surface area contributed by atoms with Crippen molar-refractivity contribution in [3.63, 3.8) is 0 Å². The lowest BCUT2D eigenvalue weighted by atomic mass is 10.2. The number of hydrogen-bond acceptors (Lipinski definition) is 3. The van der Waals surface area contributed by atoms with E-state index in [1.54, 1.807) is 0 Å². The Kier molecular flexibility index (Phi) is 2.36. The minimum atomic E-state index is -0.555. The number of rotatable bonds is 3. The molecule has 0 saturated heterocycles. The van der Waals surface area contributed by atoms with Crippen LogP contribution < -0.4 is 0 Å². The Morgan fingerprint density at radius 2 is 2.50 bits per heavy atom. The van der Waals surface area contributed by atoms with Gasteiger partial charge in [-0.2, -0.15) is 0 Å². The average molecular weight is 142 g/mol. The van der Waals surface area contributed by atoms with E-state index in [1.165, 1.54) is 0 Å². The van der Waals surface area contributed by atoms with E-state index in [2.05, 4.69) is 17.2 Å². The Morgan fingerprint density at radius 3 is 3.00 bits per heavy atom. The lowest BCUT2D eigenvalue weighted by Gasteiger charge is -2.01. The van der Waals surface area contributed by atoms with Crippen LogP contribution in [-0.4, -0.2) is 12.3 Å². The maximum Gasteiger partial charge on any atom is 0.454 e. The lowest BCUT2D eigenvalue weighted by molar-refractivity contribution is 0.126. The number of amides is 1. The second-order valence-corrected chi connectivity index (χ2v) is 2.20. The summed E-state index contributed by atoms with van der Waals surface area (Å²) in [5.74, 6) is 0. The molecule has 56 valence electrons. The number of cyclic esters (lactones) is 1. The Hall–Kier alpha value is -0.930. The zero-order valence-electron chi connectivity index (χ0n) is 5.91. The molecule has 0 fully saturated rings. The van der Waals surface area contributed by atoms with Crippen molar-refractivity contribution in [3.8, 4) is 0 Å². The molecule has 4 heteroatoms. The van der Waals surface area contributed by atoms with E-state index in [0.717, 1.165) is 19.3 Å². The van der Waals surface area contributed by atoms with Crippen molar-refractivity contribution in [2.75, 3.05) is 0 Å². The van der Waals surface area contributed by atoms with Gasteiger partial charge in [0.15, 0.2) is 0 Å². The first-order chi connectivity index (χ1) is 4.83. The fourth-order valence-corrected chi connectivity index (χ4v) is 0.770. The third kappa shape index (κ3) is 1.79. The zero-order chi connectivity index (χ0) is 7.40. The lowest BCUT2D eigenvalue weighted by Crippen LogP contribution is -2.05. The topological polar surface area (TPSA) is 51.0 Å². The van der Waals surface area contributed by atoms with Crippen LogP contribution in [0.3, 0.4) is 0 Å². The van der Waals surface area contributed by atoms with Gasteiger partial charge in [0.25, 0.3) is 0 Å². The van der Waals surface area contributed by atoms with Gasteiger partial charge in [0.05, 0.1) is 0 Å². The monoisotopic (exact) mass is 142 g/mol. The van der Waals surface area contributed by atoms with Crippen molar-refractivity contribution in [1.82, 2.24) is 0 Å². The van der Waals surface area contributed by atoms with Crippen LogP contribution in [0.2, 0.25) is 0 Å². The second kappa shape index (κ2) is 3.29. The molecule has 0 aliphatic carbocycles. The molecule has 1 unspecified atom stereocenters. The van der Waals surface area contributed by atoms with Crippen molar-refractivity contribution >= 4 is 6.09 Å². The summed E-state index contributed by atoms with van der Waals surface area (Å²) < 4.78 is 4.69. The summed E-state index contributed by atoms with van der Waals surface area (Å²) in [6, 6.07) is 0. The maximum absolute atomic E-state index is 10.3. The Balaban J connectivity index is 2.20. The number of ether oxygens (including phenoxy) is 1. The van der Waals surface area contributed by atoms with E-state index in [-0.39, 0.29) is 6.23 Å². The number of unbranched alkanes of at least 4 members (excludes halogenated alkanes) is 1. The van der Waals surface area contributed by atoms with E-state index in [1.807, 2.05) is 0 Å². The first-order valence-corrected chi connectivity index (χ1v) is 3.44. The molecule has 1 heterocycles. The molecule has 1 rings (SSSR count). The van der Waals surface area contributed by atoms with Crippen LogP contribution >= 0.6 is 0 Å². The third-order valence-electron chi connectivity index (χ3n) is 1.31. The smallest absolute Gasteiger partial charge is 0.419 e. The molecular formula is C6H10N2O2. The van der Waals surface area contributed by atoms with Crippen molar-refractivity contribution in [2.24, 2.45) is 10.2 Å². The van der Waals surface area contributed by atoms with Gasteiger partial charge in [0.2, 0.25) is 6.23 Å². The number of azo groups is 1. The molecule has 1 aliphatic rings. The van der Waals surface area contributed by atoms with E-state index < -0.39 is 6.09 Å². The minimum Gasteiger partial charge on any atom is -0.419 e. The zero-order valence-corrected chi connectivity index (χ0v) is 5.91. The standard InChI is InChI=1S/C6H10N2O2/c1-2-3-4-5-7-8-6(9)10-5/h5H,2-4H2,1H3. The molecule has 4 nitrogen and oxygen atoms in total. The van der Waals surface area contributed by atoms with E-state index in [9.17, 15) is 4.79 Å². The molecule has 0 spiro atoms. The van der Waals surface area contributed by atoms with Crippen LogP contribution in [0.1, 0.15) is 26.2 Å². The van der Waals surface area contributed by atoms with Crippen molar-refractivity contribution in [2.45, 2.75) is 32.4 Å². The summed E-state index contributed by atoms with van der Waals surface area (Å²) in [5, 5.41) is 6.84. The van der Waals surface area contributed by atoms with Gasteiger partial charge >= 0.3 is 6.09 Å². The van der Waals surface area contributed by atoms with Gasteiger partial charge in [-0.15, -0.1) is 5.11 Å². The van der Waals surface area contributed by atoms with Crippen LogP contribution in [0.15, 0.2) is 10.2 Å². The minimum absolute atomic E-state index is 0.299. The predicted molar refractivity (Wildman–Crippen MR) is 34.6 cm³/mol. The first kappa shape index (κ1) is 7.18. The van der Waals surface area contributed by atoms with E-state index in [0.29, 0.717) is 0 Å². The maximum atomic E-state index is 10.3. The number of carbonyl (C=O) groups is 1. The van der Waals surface area contributed by atoms with Crippen LogP contribution in [0.25, 0.3) is 0 Å². The Bertz CT molecular complexity index is 156. The predicted octanol–water partition coefficient (Wildman–Crippen LogP) is 2.11. The molecule has 0 bridgehead atoms. The van der Waals surface area contributed by atoms with E-state index >= 15 is 0 Å². The fraction of sp³-hybridized carbons (Fsp3) is 0.833. The summed E-state index contributed by atoms with van der Waals surface area (Å²) >= 11 is 0. The normalized spacial score (nSPS) is 23.3. The molecule has 1 amide bonds.